The number of carbonyl (C=O) groups excluding carboxylic acids is 1. The molecule has 0 saturated carbocycles. The first-order valence-corrected chi connectivity index (χ1v) is 5.74. The number of primary amides is 1. The van der Waals surface area contributed by atoms with Crippen LogP contribution in [0.3, 0.4) is 0 Å². The van der Waals surface area contributed by atoms with Gasteiger partial charge in [0, 0.05) is 0 Å². The van der Waals surface area contributed by atoms with Gasteiger partial charge < -0.3 is 5.73 Å². The minimum absolute atomic E-state index is 0.193. The normalized spacial score (nSPS) is 17.1. The molecule has 2 aromatic carbocycles. The van der Waals surface area contributed by atoms with Crippen molar-refractivity contribution in [3.05, 3.63) is 59.7 Å². The fourth-order valence-corrected chi connectivity index (χ4v) is 2.59. The van der Waals surface area contributed by atoms with Crippen LogP contribution >= 0.6 is 0 Å². The standard InChI is InChI=1S/C15H13NO/c16-15(17)14-9-10-5-1-2-6-11(10)12-7-3-4-8-13(12)14/h1-8,14H,9H2,(H2,16,17)/t14-/m0/s1. The van der Waals surface area contributed by atoms with Crippen molar-refractivity contribution < 1.29 is 4.79 Å². The van der Waals surface area contributed by atoms with Crippen LogP contribution in [0.2, 0.25) is 0 Å². The van der Waals surface area contributed by atoms with Crippen LogP contribution in [0.15, 0.2) is 48.5 Å². The molecule has 1 amide bonds. The number of benzene rings is 2. The van der Waals surface area contributed by atoms with Gasteiger partial charge in [-0.2, -0.15) is 0 Å². The van der Waals surface area contributed by atoms with Gasteiger partial charge in [-0.1, -0.05) is 48.5 Å². The summed E-state index contributed by atoms with van der Waals surface area (Å²) in [6.45, 7) is 0. The van der Waals surface area contributed by atoms with Gasteiger partial charge in [0.05, 0.1) is 5.92 Å². The molecule has 2 nitrogen and oxygen atoms in total. The Balaban J connectivity index is 2.26. The van der Waals surface area contributed by atoms with Crippen molar-refractivity contribution in [2.75, 3.05) is 0 Å². The Labute approximate surface area is 100 Å². The fraction of sp³-hybridized carbons (Fsp3) is 0.133. The molecular formula is C15H13NO. The second-order valence-electron chi connectivity index (χ2n) is 4.40. The lowest BCUT2D eigenvalue weighted by atomic mass is 9.78. The van der Waals surface area contributed by atoms with Crippen LogP contribution in [-0.2, 0) is 11.2 Å². The van der Waals surface area contributed by atoms with Crippen molar-refractivity contribution in [2.45, 2.75) is 12.3 Å². The quantitative estimate of drug-likeness (QED) is 0.793. The number of hydrogen-bond donors (Lipinski definition) is 1. The smallest absolute Gasteiger partial charge is 0.225 e. The number of rotatable bonds is 1. The molecule has 0 unspecified atom stereocenters. The average Bonchev–Trinajstić information content (AvgIpc) is 2.37. The number of fused-ring (bicyclic) bond motifs is 3. The van der Waals surface area contributed by atoms with Gasteiger partial charge in [-0.05, 0) is 28.7 Å². The van der Waals surface area contributed by atoms with Crippen LogP contribution in [0.4, 0.5) is 0 Å². The van der Waals surface area contributed by atoms with Crippen molar-refractivity contribution >= 4 is 5.91 Å². The molecule has 0 aromatic heterocycles. The maximum Gasteiger partial charge on any atom is 0.225 e. The zero-order chi connectivity index (χ0) is 11.8. The molecule has 84 valence electrons. The maximum absolute atomic E-state index is 11.5. The largest absolute Gasteiger partial charge is 0.369 e. The number of nitrogens with two attached hydrogens (primary N) is 1. The molecule has 0 saturated heterocycles. The molecule has 17 heavy (non-hydrogen) atoms. The highest BCUT2D eigenvalue weighted by molar-refractivity contribution is 5.88. The van der Waals surface area contributed by atoms with E-state index in [4.69, 9.17) is 5.73 Å². The average molecular weight is 223 g/mol. The van der Waals surface area contributed by atoms with Crippen molar-refractivity contribution in [1.29, 1.82) is 0 Å². The lowest BCUT2D eigenvalue weighted by Crippen LogP contribution is -2.26. The molecule has 0 fully saturated rings. The van der Waals surface area contributed by atoms with E-state index in [0.717, 1.165) is 11.1 Å². The molecular weight excluding hydrogens is 210 g/mol. The third-order valence-corrected chi connectivity index (χ3v) is 3.41. The molecule has 1 aliphatic rings. The van der Waals surface area contributed by atoms with Gasteiger partial charge >= 0.3 is 0 Å². The third-order valence-electron chi connectivity index (χ3n) is 3.41. The van der Waals surface area contributed by atoms with Crippen LogP contribution in [0.5, 0.6) is 0 Å². The first-order chi connectivity index (χ1) is 8.27. The molecule has 0 radical (unpaired) electrons. The molecule has 1 aliphatic carbocycles. The van der Waals surface area contributed by atoms with Crippen molar-refractivity contribution in [2.24, 2.45) is 5.73 Å². The predicted molar refractivity (Wildman–Crippen MR) is 67.5 cm³/mol. The SMILES string of the molecule is NC(=O)[C@H]1Cc2ccccc2-c2ccccc21. The second kappa shape index (κ2) is 3.74. The minimum atomic E-state index is -0.244. The van der Waals surface area contributed by atoms with E-state index in [9.17, 15) is 4.79 Å². The summed E-state index contributed by atoms with van der Waals surface area (Å²) in [6.07, 6.45) is 0.711. The summed E-state index contributed by atoms with van der Waals surface area (Å²) in [5, 5.41) is 0. The highest BCUT2D eigenvalue weighted by atomic mass is 16.1. The molecule has 0 heterocycles. The van der Waals surface area contributed by atoms with Gasteiger partial charge in [0.2, 0.25) is 5.91 Å². The summed E-state index contributed by atoms with van der Waals surface area (Å²) >= 11 is 0. The van der Waals surface area contributed by atoms with Gasteiger partial charge in [0.25, 0.3) is 0 Å². The first-order valence-electron chi connectivity index (χ1n) is 5.74. The summed E-state index contributed by atoms with van der Waals surface area (Å²) in [4.78, 5) is 11.5. The highest BCUT2D eigenvalue weighted by Gasteiger charge is 2.27. The van der Waals surface area contributed by atoms with Crippen molar-refractivity contribution in [3.8, 4) is 11.1 Å². The molecule has 0 aliphatic heterocycles. The second-order valence-corrected chi connectivity index (χ2v) is 4.40. The maximum atomic E-state index is 11.5. The topological polar surface area (TPSA) is 43.1 Å². The minimum Gasteiger partial charge on any atom is -0.369 e. The van der Waals surface area contributed by atoms with Crippen LogP contribution < -0.4 is 5.73 Å². The third kappa shape index (κ3) is 1.53. The Morgan fingerprint density at radius 3 is 2.41 bits per heavy atom. The van der Waals surface area contributed by atoms with Gasteiger partial charge in [0.15, 0.2) is 0 Å². The summed E-state index contributed by atoms with van der Waals surface area (Å²) < 4.78 is 0. The van der Waals surface area contributed by atoms with Crippen LogP contribution in [0.1, 0.15) is 17.0 Å². The lowest BCUT2D eigenvalue weighted by molar-refractivity contribution is -0.119. The zero-order valence-corrected chi connectivity index (χ0v) is 9.39. The molecule has 0 bridgehead atoms. The fourth-order valence-electron chi connectivity index (χ4n) is 2.59. The van der Waals surface area contributed by atoms with Gasteiger partial charge in [-0.25, -0.2) is 0 Å². The van der Waals surface area contributed by atoms with Crippen LogP contribution in [-0.4, -0.2) is 5.91 Å². The predicted octanol–water partition coefficient (Wildman–Crippen LogP) is 2.48. The number of amides is 1. The summed E-state index contributed by atoms with van der Waals surface area (Å²) in [7, 11) is 0. The zero-order valence-electron chi connectivity index (χ0n) is 9.39. The molecule has 2 aromatic rings. The molecule has 2 N–H and O–H groups in total. The van der Waals surface area contributed by atoms with Crippen molar-refractivity contribution in [3.63, 3.8) is 0 Å². The summed E-state index contributed by atoms with van der Waals surface area (Å²) in [5.41, 5.74) is 10.1. The molecule has 1 atom stereocenters. The van der Waals surface area contributed by atoms with E-state index in [-0.39, 0.29) is 11.8 Å². The van der Waals surface area contributed by atoms with E-state index in [2.05, 4.69) is 18.2 Å². The molecule has 2 heteroatoms. The van der Waals surface area contributed by atoms with E-state index < -0.39 is 0 Å². The molecule has 0 spiro atoms. The number of hydrogen-bond acceptors (Lipinski definition) is 1. The Morgan fingerprint density at radius 1 is 1.00 bits per heavy atom. The Hall–Kier alpha value is -2.09. The lowest BCUT2D eigenvalue weighted by Gasteiger charge is -2.25. The van der Waals surface area contributed by atoms with Crippen molar-refractivity contribution in [1.82, 2.24) is 0 Å². The Kier molecular flexibility index (Phi) is 2.22. The Bertz CT molecular complexity index is 589. The van der Waals surface area contributed by atoms with Crippen LogP contribution in [0, 0.1) is 0 Å². The first kappa shape index (κ1) is 10.1. The monoisotopic (exact) mass is 223 g/mol. The van der Waals surface area contributed by atoms with Gasteiger partial charge in [-0.3, -0.25) is 4.79 Å². The number of carbonyl (C=O) groups is 1. The molecule has 3 rings (SSSR count). The van der Waals surface area contributed by atoms with E-state index in [1.165, 1.54) is 11.1 Å². The van der Waals surface area contributed by atoms with E-state index >= 15 is 0 Å². The Morgan fingerprint density at radius 2 is 1.65 bits per heavy atom. The van der Waals surface area contributed by atoms with E-state index in [1.54, 1.807) is 0 Å². The van der Waals surface area contributed by atoms with Crippen LogP contribution in [0.25, 0.3) is 11.1 Å². The van der Waals surface area contributed by atoms with Gasteiger partial charge in [0.1, 0.15) is 0 Å². The van der Waals surface area contributed by atoms with Gasteiger partial charge in [-0.15, -0.1) is 0 Å². The van der Waals surface area contributed by atoms with E-state index in [1.807, 2.05) is 30.3 Å². The highest BCUT2D eigenvalue weighted by Crippen LogP contribution is 2.39. The summed E-state index contributed by atoms with van der Waals surface area (Å²) in [6, 6.07) is 16.2. The summed E-state index contributed by atoms with van der Waals surface area (Å²) in [5.74, 6) is -0.437. The van der Waals surface area contributed by atoms with E-state index in [0.29, 0.717) is 6.42 Å².